The minimum absolute atomic E-state index is 0.0241. The summed E-state index contributed by atoms with van der Waals surface area (Å²) in [6.45, 7) is 4.60. The molecule has 1 saturated heterocycles. The monoisotopic (exact) mass is 472 g/mol. The number of piperazine rings is 1. The third kappa shape index (κ3) is 3.82. The molecule has 0 amide bonds. The number of nitriles is 1. The topological polar surface area (TPSA) is 94.3 Å². The summed E-state index contributed by atoms with van der Waals surface area (Å²) in [5, 5.41) is 17.9. The van der Waals surface area contributed by atoms with Crippen LogP contribution in [0.3, 0.4) is 0 Å². The van der Waals surface area contributed by atoms with E-state index in [-0.39, 0.29) is 16.5 Å². The fourth-order valence-corrected chi connectivity index (χ4v) is 5.81. The Labute approximate surface area is 198 Å². The number of anilines is 2. The van der Waals surface area contributed by atoms with E-state index in [9.17, 15) is 13.7 Å². The number of hydrogen-bond acceptors (Lipinski definition) is 7. The summed E-state index contributed by atoms with van der Waals surface area (Å²) in [6.07, 6.45) is 3.20. The van der Waals surface area contributed by atoms with E-state index < -0.39 is 10.0 Å². The number of aromatic nitrogens is 2. The summed E-state index contributed by atoms with van der Waals surface area (Å²) in [7, 11) is -3.98. The molecule has 1 N–H and O–H groups in total. The molecule has 0 bridgehead atoms. The first-order chi connectivity index (χ1) is 16.5. The van der Waals surface area contributed by atoms with Crippen molar-refractivity contribution in [3.63, 3.8) is 0 Å². The Morgan fingerprint density at radius 2 is 1.88 bits per heavy atom. The molecular weight excluding hydrogens is 448 g/mol. The first kappa shape index (κ1) is 22.1. The molecule has 1 unspecified atom stereocenters. The molecule has 3 heterocycles. The summed E-state index contributed by atoms with van der Waals surface area (Å²) >= 11 is 0. The Morgan fingerprint density at radius 1 is 1.12 bits per heavy atom. The Morgan fingerprint density at radius 3 is 2.65 bits per heavy atom. The maximum Gasteiger partial charge on any atom is 0.269 e. The van der Waals surface area contributed by atoms with Crippen LogP contribution in [0.25, 0.3) is 10.9 Å². The fourth-order valence-electron chi connectivity index (χ4n) is 4.32. The summed E-state index contributed by atoms with van der Waals surface area (Å²) in [6, 6.07) is 21.9. The van der Waals surface area contributed by atoms with Gasteiger partial charge in [0.05, 0.1) is 16.8 Å². The zero-order chi connectivity index (χ0) is 23.7. The van der Waals surface area contributed by atoms with Gasteiger partial charge in [0.1, 0.15) is 16.8 Å². The molecule has 34 heavy (non-hydrogen) atoms. The highest BCUT2D eigenvalue weighted by atomic mass is 32.2. The van der Waals surface area contributed by atoms with Gasteiger partial charge in [-0.25, -0.2) is 22.4 Å². The molecule has 1 aliphatic heterocycles. The van der Waals surface area contributed by atoms with Gasteiger partial charge in [-0.3, -0.25) is 5.01 Å². The standard InChI is InChI=1S/C25H24N6O2S/c1-19-17-27-12-14-29(19)31(22-8-3-2-4-9-22)25-15-23-21(18-28-25)11-13-30(23)34(32,33)24-10-6-5-7-20(24)16-26/h2-11,13,15,18-19,27H,12,14,17H2,1H3. The Bertz CT molecular complexity index is 1480. The predicted molar refractivity (Wildman–Crippen MR) is 131 cm³/mol. The fraction of sp³-hybridized carbons (Fsp3) is 0.200. The molecule has 4 aromatic rings. The second-order valence-corrected chi connectivity index (χ2v) is 9.97. The molecule has 0 saturated carbocycles. The highest BCUT2D eigenvalue weighted by Crippen LogP contribution is 2.31. The highest BCUT2D eigenvalue weighted by Gasteiger charge is 2.28. The molecule has 1 aliphatic rings. The average Bonchev–Trinajstić information content (AvgIpc) is 3.30. The molecule has 9 heteroatoms. The van der Waals surface area contributed by atoms with Crippen molar-refractivity contribution in [2.75, 3.05) is 24.6 Å². The molecule has 0 aliphatic carbocycles. The summed E-state index contributed by atoms with van der Waals surface area (Å²) in [5.74, 6) is 0.621. The van der Waals surface area contributed by atoms with Crippen molar-refractivity contribution in [3.05, 3.63) is 84.7 Å². The van der Waals surface area contributed by atoms with Crippen LogP contribution in [-0.4, -0.2) is 48.1 Å². The van der Waals surface area contributed by atoms with E-state index in [0.717, 1.165) is 25.3 Å². The number of nitrogens with zero attached hydrogens (tertiary/aromatic N) is 5. The van der Waals surface area contributed by atoms with E-state index in [0.29, 0.717) is 16.7 Å². The number of pyridine rings is 1. The van der Waals surface area contributed by atoms with Gasteiger partial charge in [0.2, 0.25) is 0 Å². The number of nitrogens with one attached hydrogen (secondary N) is 1. The lowest BCUT2D eigenvalue weighted by molar-refractivity contribution is 0.174. The number of fused-ring (bicyclic) bond motifs is 1. The van der Waals surface area contributed by atoms with Crippen molar-refractivity contribution in [1.29, 1.82) is 5.26 Å². The van der Waals surface area contributed by atoms with Gasteiger partial charge in [0.25, 0.3) is 10.0 Å². The molecule has 8 nitrogen and oxygen atoms in total. The van der Waals surface area contributed by atoms with E-state index in [1.165, 1.54) is 22.3 Å². The maximum atomic E-state index is 13.6. The Balaban J connectivity index is 1.66. The smallest absolute Gasteiger partial charge is 0.269 e. The second kappa shape index (κ2) is 8.91. The molecule has 2 aromatic carbocycles. The van der Waals surface area contributed by atoms with Gasteiger partial charge >= 0.3 is 0 Å². The highest BCUT2D eigenvalue weighted by molar-refractivity contribution is 7.90. The average molecular weight is 473 g/mol. The SMILES string of the molecule is CC1CNCCN1N(c1ccccc1)c1cc2c(ccn2S(=O)(=O)c2ccccc2C#N)cn1. The number of hydrogen-bond donors (Lipinski definition) is 1. The molecule has 1 fully saturated rings. The van der Waals surface area contributed by atoms with Crippen LogP contribution >= 0.6 is 0 Å². The predicted octanol–water partition coefficient (Wildman–Crippen LogP) is 3.49. The summed E-state index contributed by atoms with van der Waals surface area (Å²) < 4.78 is 28.3. The van der Waals surface area contributed by atoms with Crippen molar-refractivity contribution >= 4 is 32.4 Å². The third-order valence-corrected chi connectivity index (χ3v) is 7.76. The molecular formula is C25H24N6O2S. The van der Waals surface area contributed by atoms with Crippen LogP contribution in [0.15, 0.2) is 84.0 Å². The van der Waals surface area contributed by atoms with Crippen molar-refractivity contribution in [1.82, 2.24) is 19.3 Å². The van der Waals surface area contributed by atoms with Crippen molar-refractivity contribution in [2.45, 2.75) is 17.9 Å². The minimum atomic E-state index is -3.98. The van der Waals surface area contributed by atoms with Crippen LogP contribution in [0.2, 0.25) is 0 Å². The lowest BCUT2D eigenvalue weighted by Crippen LogP contribution is -2.56. The van der Waals surface area contributed by atoms with Crippen molar-refractivity contribution in [3.8, 4) is 6.07 Å². The molecule has 5 rings (SSSR count). The van der Waals surface area contributed by atoms with Crippen LogP contribution < -0.4 is 10.3 Å². The molecule has 172 valence electrons. The van der Waals surface area contributed by atoms with Crippen LogP contribution in [0.1, 0.15) is 12.5 Å². The summed E-state index contributed by atoms with van der Waals surface area (Å²) in [4.78, 5) is 4.67. The van der Waals surface area contributed by atoms with Gasteiger partial charge in [-0.05, 0) is 37.3 Å². The van der Waals surface area contributed by atoms with Crippen molar-refractivity contribution in [2.24, 2.45) is 0 Å². The zero-order valence-electron chi connectivity index (χ0n) is 18.7. The van der Waals surface area contributed by atoms with Gasteiger partial charge in [-0.15, -0.1) is 0 Å². The van der Waals surface area contributed by atoms with E-state index in [2.05, 4.69) is 22.3 Å². The van der Waals surface area contributed by atoms with Crippen molar-refractivity contribution < 1.29 is 8.42 Å². The quantitative estimate of drug-likeness (QED) is 0.475. The molecule has 1 atom stereocenters. The zero-order valence-corrected chi connectivity index (χ0v) is 19.5. The first-order valence-electron chi connectivity index (χ1n) is 11.0. The largest absolute Gasteiger partial charge is 0.314 e. The molecule has 0 radical (unpaired) electrons. The molecule has 2 aromatic heterocycles. The Hall–Kier alpha value is -3.71. The van der Waals surface area contributed by atoms with Crippen LogP contribution in [0, 0.1) is 11.3 Å². The molecule has 0 spiro atoms. The Kier molecular flexibility index (Phi) is 5.79. The van der Waals surface area contributed by atoms with Gasteiger partial charge in [0.15, 0.2) is 0 Å². The summed E-state index contributed by atoms with van der Waals surface area (Å²) in [5.41, 5.74) is 1.56. The maximum absolute atomic E-state index is 13.6. The normalized spacial score (nSPS) is 16.9. The number of para-hydroxylation sites is 1. The minimum Gasteiger partial charge on any atom is -0.314 e. The van der Waals surface area contributed by atoms with Crippen LogP contribution in [0.4, 0.5) is 11.5 Å². The van der Waals surface area contributed by atoms with Crippen LogP contribution in [-0.2, 0) is 10.0 Å². The van der Waals surface area contributed by atoms with Gasteiger partial charge in [-0.2, -0.15) is 5.26 Å². The van der Waals surface area contributed by atoms with E-state index >= 15 is 0 Å². The van der Waals surface area contributed by atoms with E-state index in [4.69, 9.17) is 4.98 Å². The lowest BCUT2D eigenvalue weighted by atomic mass is 10.2. The number of rotatable bonds is 5. The van der Waals surface area contributed by atoms with E-state index in [1.54, 1.807) is 30.5 Å². The number of hydrazine groups is 1. The van der Waals surface area contributed by atoms with Crippen LogP contribution in [0.5, 0.6) is 0 Å². The number of benzene rings is 2. The second-order valence-electron chi connectivity index (χ2n) is 8.19. The van der Waals surface area contributed by atoms with Gasteiger partial charge < -0.3 is 5.32 Å². The lowest BCUT2D eigenvalue weighted by Gasteiger charge is -2.42. The first-order valence-corrected chi connectivity index (χ1v) is 12.5. The van der Waals surface area contributed by atoms with Gasteiger partial charge in [0, 0.05) is 49.5 Å². The third-order valence-electron chi connectivity index (χ3n) is 6.01. The van der Waals surface area contributed by atoms with Gasteiger partial charge in [-0.1, -0.05) is 30.3 Å². The van der Waals surface area contributed by atoms with E-state index in [1.807, 2.05) is 36.4 Å².